The van der Waals surface area contributed by atoms with Crippen LogP contribution < -0.4 is 9.47 Å². The molecule has 0 unspecified atom stereocenters. The Morgan fingerprint density at radius 1 is 0.576 bits per heavy atom. The molecule has 33 heavy (non-hydrogen) atoms. The molecule has 5 rings (SSSR count). The van der Waals surface area contributed by atoms with E-state index in [1.165, 1.54) is 5.56 Å². The molecule has 3 nitrogen and oxygen atoms in total. The summed E-state index contributed by atoms with van der Waals surface area (Å²) in [6.07, 6.45) is 0. The lowest BCUT2D eigenvalue weighted by molar-refractivity contribution is 0.0516. The molecule has 5 aromatic carbocycles. The van der Waals surface area contributed by atoms with Gasteiger partial charge in [-0.05, 0) is 46.2 Å². The molecule has 0 spiro atoms. The molecule has 0 atom stereocenters. The van der Waals surface area contributed by atoms with Crippen molar-refractivity contribution in [2.24, 2.45) is 0 Å². The Hall–Kier alpha value is -3.82. The molecule has 164 valence electrons. The summed E-state index contributed by atoms with van der Waals surface area (Å²) in [6, 6.07) is 33.5. The predicted molar refractivity (Wildman–Crippen MR) is 135 cm³/mol. The third-order valence-corrected chi connectivity index (χ3v) is 5.88. The topological polar surface area (TPSA) is 27.7 Å². The van der Waals surface area contributed by atoms with Gasteiger partial charge in [0.2, 0.25) is 0 Å². The molecule has 3 heteroatoms. The van der Waals surface area contributed by atoms with Gasteiger partial charge in [0.1, 0.15) is 18.1 Å². The van der Waals surface area contributed by atoms with Gasteiger partial charge < -0.3 is 14.2 Å². The summed E-state index contributed by atoms with van der Waals surface area (Å²) >= 11 is 0. The van der Waals surface area contributed by atoms with Gasteiger partial charge in [0.15, 0.2) is 6.79 Å². The first-order valence-electron chi connectivity index (χ1n) is 11.1. The quantitative estimate of drug-likeness (QED) is 0.248. The second-order valence-electron chi connectivity index (χ2n) is 8.14. The fraction of sp³-hybridized carbons (Fsp3) is 0.133. The van der Waals surface area contributed by atoms with Crippen LogP contribution in [0.3, 0.4) is 0 Å². The van der Waals surface area contributed by atoms with Crippen LogP contribution in [-0.2, 0) is 11.3 Å². The van der Waals surface area contributed by atoms with E-state index < -0.39 is 0 Å². The van der Waals surface area contributed by atoms with Gasteiger partial charge in [-0.15, -0.1) is 0 Å². The minimum absolute atomic E-state index is 0.176. The van der Waals surface area contributed by atoms with Crippen LogP contribution in [-0.4, -0.2) is 13.9 Å². The highest BCUT2D eigenvalue weighted by Gasteiger charge is 2.19. The van der Waals surface area contributed by atoms with Crippen molar-refractivity contribution in [2.75, 3.05) is 13.9 Å². The number of aryl methyl sites for hydroxylation is 1. The van der Waals surface area contributed by atoms with Gasteiger partial charge in [0, 0.05) is 18.2 Å². The molecule has 0 heterocycles. The number of rotatable bonds is 7. The van der Waals surface area contributed by atoms with Crippen molar-refractivity contribution in [2.45, 2.75) is 13.5 Å². The highest BCUT2D eigenvalue weighted by molar-refractivity contribution is 6.09. The Kier molecular flexibility index (Phi) is 5.97. The molecule has 5 aromatic rings. The van der Waals surface area contributed by atoms with Crippen molar-refractivity contribution in [1.29, 1.82) is 0 Å². The van der Waals surface area contributed by atoms with Gasteiger partial charge >= 0.3 is 0 Å². The van der Waals surface area contributed by atoms with E-state index in [0.29, 0.717) is 6.61 Å². The number of hydrogen-bond donors (Lipinski definition) is 0. The monoisotopic (exact) mass is 434 g/mol. The lowest BCUT2D eigenvalue weighted by Crippen LogP contribution is -2.02. The van der Waals surface area contributed by atoms with Crippen molar-refractivity contribution in [3.05, 3.63) is 108 Å². The fourth-order valence-electron chi connectivity index (χ4n) is 4.23. The smallest absolute Gasteiger partial charge is 0.188 e. The lowest BCUT2D eigenvalue weighted by Gasteiger charge is -2.19. The minimum atomic E-state index is 0.176. The third-order valence-electron chi connectivity index (χ3n) is 5.88. The highest BCUT2D eigenvalue weighted by atomic mass is 16.7. The van der Waals surface area contributed by atoms with Crippen molar-refractivity contribution in [3.8, 4) is 22.6 Å². The second-order valence-corrected chi connectivity index (χ2v) is 8.14. The summed E-state index contributed by atoms with van der Waals surface area (Å²) in [7, 11) is 1.63. The third kappa shape index (κ3) is 4.28. The van der Waals surface area contributed by atoms with Gasteiger partial charge in [0.05, 0.1) is 0 Å². The van der Waals surface area contributed by atoms with E-state index in [9.17, 15) is 0 Å². The number of methoxy groups -OCH3 is 1. The number of fused-ring (bicyclic) bond motifs is 2. The summed E-state index contributed by atoms with van der Waals surface area (Å²) in [5.41, 5.74) is 4.42. The van der Waals surface area contributed by atoms with Crippen LogP contribution in [0.4, 0.5) is 0 Å². The van der Waals surface area contributed by atoms with Gasteiger partial charge in [-0.1, -0.05) is 90.5 Å². The van der Waals surface area contributed by atoms with E-state index >= 15 is 0 Å². The van der Waals surface area contributed by atoms with E-state index in [1.807, 2.05) is 6.07 Å². The molecule has 0 saturated heterocycles. The van der Waals surface area contributed by atoms with Crippen molar-refractivity contribution in [1.82, 2.24) is 0 Å². The molecule has 0 aliphatic heterocycles. The molecule has 0 aromatic heterocycles. The van der Waals surface area contributed by atoms with Crippen molar-refractivity contribution < 1.29 is 14.2 Å². The lowest BCUT2D eigenvalue weighted by atomic mass is 9.92. The SMILES string of the molecule is COCOc1ccc2ccccc2c1-c1c(OCc2ccc(C)cc2)ccc2ccccc12. The summed E-state index contributed by atoms with van der Waals surface area (Å²) in [5, 5.41) is 4.54. The van der Waals surface area contributed by atoms with Gasteiger partial charge in [0.25, 0.3) is 0 Å². The van der Waals surface area contributed by atoms with Gasteiger partial charge in [-0.3, -0.25) is 0 Å². The molecule has 0 saturated carbocycles. The Bertz CT molecular complexity index is 1400. The maximum absolute atomic E-state index is 6.45. The minimum Gasteiger partial charge on any atom is -0.488 e. The first-order valence-corrected chi connectivity index (χ1v) is 11.1. The Morgan fingerprint density at radius 3 is 1.70 bits per heavy atom. The molecule has 0 aliphatic rings. The van der Waals surface area contributed by atoms with Gasteiger partial charge in [-0.25, -0.2) is 0 Å². The fourth-order valence-corrected chi connectivity index (χ4v) is 4.23. The Labute approximate surface area is 194 Å². The van der Waals surface area contributed by atoms with Crippen LogP contribution in [0.25, 0.3) is 32.7 Å². The van der Waals surface area contributed by atoms with Crippen LogP contribution >= 0.6 is 0 Å². The van der Waals surface area contributed by atoms with E-state index in [-0.39, 0.29) is 6.79 Å². The van der Waals surface area contributed by atoms with Crippen molar-refractivity contribution in [3.63, 3.8) is 0 Å². The average Bonchev–Trinajstić information content (AvgIpc) is 2.86. The van der Waals surface area contributed by atoms with Crippen LogP contribution in [0.5, 0.6) is 11.5 Å². The maximum atomic E-state index is 6.45. The molecule has 0 N–H and O–H groups in total. The number of benzene rings is 5. The number of hydrogen-bond acceptors (Lipinski definition) is 3. The Balaban J connectivity index is 1.72. The van der Waals surface area contributed by atoms with Crippen LogP contribution in [0.15, 0.2) is 97.1 Å². The zero-order valence-electron chi connectivity index (χ0n) is 18.9. The molecule has 0 aliphatic carbocycles. The molecular formula is C30H26O3. The summed E-state index contributed by atoms with van der Waals surface area (Å²) < 4.78 is 17.7. The maximum Gasteiger partial charge on any atom is 0.188 e. The summed E-state index contributed by atoms with van der Waals surface area (Å²) in [6.45, 7) is 2.76. The first-order chi connectivity index (χ1) is 16.2. The molecule has 0 radical (unpaired) electrons. The van der Waals surface area contributed by atoms with Crippen molar-refractivity contribution >= 4 is 21.5 Å². The number of ether oxygens (including phenoxy) is 3. The predicted octanol–water partition coefficient (Wildman–Crippen LogP) is 7.53. The largest absolute Gasteiger partial charge is 0.488 e. The Morgan fingerprint density at radius 2 is 1.12 bits per heavy atom. The average molecular weight is 435 g/mol. The van der Waals surface area contributed by atoms with E-state index in [1.54, 1.807) is 7.11 Å². The normalized spacial score (nSPS) is 11.1. The summed E-state index contributed by atoms with van der Waals surface area (Å²) in [4.78, 5) is 0. The second kappa shape index (κ2) is 9.35. The molecule has 0 amide bonds. The molecule has 0 fully saturated rings. The standard InChI is InChI=1S/C30H26O3/c1-21-11-13-22(14-12-21)19-32-27-17-15-23-7-3-5-9-25(23)29(27)30-26-10-6-4-8-24(26)16-18-28(30)33-20-31-2/h3-18H,19-20H2,1-2H3. The van der Waals surface area contributed by atoms with Crippen LogP contribution in [0.1, 0.15) is 11.1 Å². The van der Waals surface area contributed by atoms with Crippen LogP contribution in [0, 0.1) is 6.92 Å². The first kappa shape index (κ1) is 21.0. The summed E-state index contributed by atoms with van der Waals surface area (Å²) in [5.74, 6) is 1.60. The molecular weight excluding hydrogens is 408 g/mol. The van der Waals surface area contributed by atoms with E-state index in [0.717, 1.165) is 49.7 Å². The zero-order valence-corrected chi connectivity index (χ0v) is 18.9. The van der Waals surface area contributed by atoms with E-state index in [4.69, 9.17) is 14.2 Å². The zero-order chi connectivity index (χ0) is 22.6. The van der Waals surface area contributed by atoms with E-state index in [2.05, 4.69) is 97.9 Å². The molecule has 0 bridgehead atoms. The van der Waals surface area contributed by atoms with Gasteiger partial charge in [-0.2, -0.15) is 0 Å². The highest BCUT2D eigenvalue weighted by Crippen LogP contribution is 2.45. The van der Waals surface area contributed by atoms with Crippen LogP contribution in [0.2, 0.25) is 0 Å².